The summed E-state index contributed by atoms with van der Waals surface area (Å²) in [6, 6.07) is 8.72. The van der Waals surface area contributed by atoms with E-state index in [2.05, 4.69) is 29.4 Å². The summed E-state index contributed by atoms with van der Waals surface area (Å²) in [6.45, 7) is 2.14. The quantitative estimate of drug-likeness (QED) is 0.508. The smallest absolute Gasteiger partial charge is 0.193 e. The number of guanidine groups is 1. The van der Waals surface area contributed by atoms with Crippen LogP contribution < -0.4 is 11.1 Å². The predicted octanol–water partition coefficient (Wildman–Crippen LogP) is 2.76. The van der Waals surface area contributed by atoms with Crippen molar-refractivity contribution in [1.29, 1.82) is 0 Å². The van der Waals surface area contributed by atoms with Crippen LogP contribution in [0.3, 0.4) is 0 Å². The maximum Gasteiger partial charge on any atom is 0.193 e. The van der Waals surface area contributed by atoms with Crippen molar-refractivity contribution >= 4 is 35.6 Å². The molecule has 2 rings (SSSR count). The Labute approximate surface area is 114 Å². The molecule has 1 aliphatic rings. The van der Waals surface area contributed by atoms with Crippen LogP contribution in [0.2, 0.25) is 0 Å². The Morgan fingerprint density at radius 1 is 1.50 bits per heavy atom. The number of aryl methyl sites for hydroxylation is 1. The van der Waals surface area contributed by atoms with E-state index in [1.807, 2.05) is 12.1 Å². The van der Waals surface area contributed by atoms with Crippen LogP contribution in [-0.2, 0) is 6.42 Å². The molecule has 88 valence electrons. The van der Waals surface area contributed by atoms with Crippen molar-refractivity contribution in [3.63, 3.8) is 0 Å². The standard InChI is InChI=1S/C12H17N3.HI/c1-2-9-4-3-5-11(8-9)15-12(13)14-10-6-7-10;/h3-5,8,10H,2,6-7H2,1H3,(H3,13,14,15);1H. The zero-order valence-corrected chi connectivity index (χ0v) is 11.8. The molecule has 0 radical (unpaired) electrons. The molecular weight excluding hydrogens is 313 g/mol. The van der Waals surface area contributed by atoms with Crippen molar-refractivity contribution in [2.24, 2.45) is 10.7 Å². The number of hydrogen-bond donors (Lipinski definition) is 2. The summed E-state index contributed by atoms with van der Waals surface area (Å²) in [5, 5.41) is 3.12. The molecule has 0 atom stereocenters. The molecule has 1 aromatic rings. The lowest BCUT2D eigenvalue weighted by atomic mass is 10.1. The molecule has 1 aliphatic carbocycles. The average Bonchev–Trinajstić information content (AvgIpc) is 3.02. The molecule has 0 heterocycles. The summed E-state index contributed by atoms with van der Waals surface area (Å²) in [5.41, 5.74) is 8.11. The van der Waals surface area contributed by atoms with Gasteiger partial charge < -0.3 is 11.1 Å². The van der Waals surface area contributed by atoms with E-state index < -0.39 is 0 Å². The van der Waals surface area contributed by atoms with Crippen molar-refractivity contribution in [2.45, 2.75) is 32.2 Å². The van der Waals surface area contributed by atoms with Crippen molar-refractivity contribution in [3.05, 3.63) is 29.8 Å². The number of nitrogens with zero attached hydrogens (tertiary/aromatic N) is 1. The first kappa shape index (κ1) is 13.3. The number of hydrogen-bond acceptors (Lipinski definition) is 1. The summed E-state index contributed by atoms with van der Waals surface area (Å²) in [6.07, 6.45) is 3.39. The van der Waals surface area contributed by atoms with E-state index in [4.69, 9.17) is 5.73 Å². The summed E-state index contributed by atoms with van der Waals surface area (Å²) < 4.78 is 0. The van der Waals surface area contributed by atoms with E-state index in [1.54, 1.807) is 0 Å². The van der Waals surface area contributed by atoms with Crippen LogP contribution >= 0.6 is 24.0 Å². The first-order chi connectivity index (χ1) is 7.28. The molecule has 16 heavy (non-hydrogen) atoms. The lowest BCUT2D eigenvalue weighted by molar-refractivity contribution is 1.06. The van der Waals surface area contributed by atoms with Crippen molar-refractivity contribution < 1.29 is 0 Å². The van der Waals surface area contributed by atoms with Gasteiger partial charge in [-0.15, -0.1) is 24.0 Å². The van der Waals surface area contributed by atoms with Gasteiger partial charge in [-0.25, -0.2) is 4.99 Å². The Hall–Kier alpha value is -0.780. The van der Waals surface area contributed by atoms with Gasteiger partial charge >= 0.3 is 0 Å². The summed E-state index contributed by atoms with van der Waals surface area (Å²) in [7, 11) is 0. The maximum atomic E-state index is 5.78. The fraction of sp³-hybridized carbons (Fsp3) is 0.417. The van der Waals surface area contributed by atoms with E-state index in [9.17, 15) is 0 Å². The van der Waals surface area contributed by atoms with Gasteiger partial charge in [-0.1, -0.05) is 19.1 Å². The average molecular weight is 331 g/mol. The minimum Gasteiger partial charge on any atom is -0.370 e. The van der Waals surface area contributed by atoms with Crippen LogP contribution in [0.15, 0.2) is 29.3 Å². The lowest BCUT2D eigenvalue weighted by Crippen LogP contribution is -2.23. The Bertz CT molecular complexity index is 372. The minimum atomic E-state index is 0. The van der Waals surface area contributed by atoms with Gasteiger partial charge in [0.1, 0.15) is 0 Å². The van der Waals surface area contributed by atoms with Gasteiger partial charge in [-0.3, -0.25) is 0 Å². The highest BCUT2D eigenvalue weighted by molar-refractivity contribution is 14.0. The number of aliphatic imine (C=N–C) groups is 1. The van der Waals surface area contributed by atoms with E-state index in [0.29, 0.717) is 12.0 Å². The second-order valence-corrected chi connectivity index (χ2v) is 3.92. The van der Waals surface area contributed by atoms with Gasteiger partial charge in [0.2, 0.25) is 0 Å². The van der Waals surface area contributed by atoms with Crippen LogP contribution in [0.25, 0.3) is 0 Å². The summed E-state index contributed by atoms with van der Waals surface area (Å²) in [4.78, 5) is 4.32. The molecule has 0 spiro atoms. The monoisotopic (exact) mass is 331 g/mol. The molecule has 4 heteroatoms. The third-order valence-corrected chi connectivity index (χ3v) is 2.48. The molecule has 0 aliphatic heterocycles. The van der Waals surface area contributed by atoms with Crippen LogP contribution in [0.1, 0.15) is 25.3 Å². The van der Waals surface area contributed by atoms with E-state index in [0.717, 1.165) is 12.1 Å². The van der Waals surface area contributed by atoms with Gasteiger partial charge in [-0.2, -0.15) is 0 Å². The molecule has 1 saturated carbocycles. The highest BCUT2D eigenvalue weighted by Gasteiger charge is 2.20. The zero-order chi connectivity index (χ0) is 10.7. The molecule has 0 aromatic heterocycles. The molecule has 0 bridgehead atoms. The van der Waals surface area contributed by atoms with Gasteiger partial charge in [0.15, 0.2) is 5.96 Å². The number of nitrogens with one attached hydrogen (secondary N) is 1. The van der Waals surface area contributed by atoms with Crippen LogP contribution in [0.4, 0.5) is 5.69 Å². The van der Waals surface area contributed by atoms with Gasteiger partial charge in [0.25, 0.3) is 0 Å². The molecule has 3 N–H and O–H groups in total. The molecule has 0 unspecified atom stereocenters. The molecule has 3 nitrogen and oxygen atoms in total. The first-order valence-electron chi connectivity index (χ1n) is 5.47. The van der Waals surface area contributed by atoms with Crippen molar-refractivity contribution in [1.82, 2.24) is 0 Å². The Morgan fingerprint density at radius 3 is 2.88 bits per heavy atom. The van der Waals surface area contributed by atoms with E-state index in [-0.39, 0.29) is 24.0 Å². The largest absolute Gasteiger partial charge is 0.370 e. The third kappa shape index (κ3) is 4.00. The van der Waals surface area contributed by atoms with E-state index in [1.165, 1.54) is 18.4 Å². The van der Waals surface area contributed by atoms with Crippen LogP contribution in [-0.4, -0.2) is 12.0 Å². The van der Waals surface area contributed by atoms with Crippen LogP contribution in [0.5, 0.6) is 0 Å². The van der Waals surface area contributed by atoms with Crippen molar-refractivity contribution in [3.8, 4) is 0 Å². The SMILES string of the molecule is CCc1cccc(NC(N)=NC2CC2)c1.I. The predicted molar refractivity (Wildman–Crippen MR) is 79.5 cm³/mol. The number of nitrogens with two attached hydrogens (primary N) is 1. The van der Waals surface area contributed by atoms with E-state index >= 15 is 0 Å². The zero-order valence-electron chi connectivity index (χ0n) is 9.44. The highest BCUT2D eigenvalue weighted by Crippen LogP contribution is 2.23. The van der Waals surface area contributed by atoms with Gasteiger partial charge in [0, 0.05) is 5.69 Å². The minimum absolute atomic E-state index is 0. The highest BCUT2D eigenvalue weighted by atomic mass is 127. The summed E-state index contributed by atoms with van der Waals surface area (Å²) in [5.74, 6) is 0.533. The van der Waals surface area contributed by atoms with Crippen LogP contribution in [0, 0.1) is 0 Å². The number of halogens is 1. The summed E-state index contributed by atoms with van der Waals surface area (Å²) >= 11 is 0. The lowest BCUT2D eigenvalue weighted by Gasteiger charge is -2.06. The number of benzene rings is 1. The fourth-order valence-electron chi connectivity index (χ4n) is 1.45. The second kappa shape index (κ2) is 6.08. The molecule has 1 aromatic carbocycles. The van der Waals surface area contributed by atoms with Gasteiger partial charge in [-0.05, 0) is 37.0 Å². The second-order valence-electron chi connectivity index (χ2n) is 3.92. The Morgan fingerprint density at radius 2 is 2.25 bits per heavy atom. The maximum absolute atomic E-state index is 5.78. The molecule has 0 saturated heterocycles. The Balaban J connectivity index is 0.00000128. The normalized spacial score (nSPS) is 15.4. The third-order valence-electron chi connectivity index (χ3n) is 2.48. The molecule has 0 amide bonds. The number of anilines is 1. The fourth-order valence-corrected chi connectivity index (χ4v) is 1.45. The Kier molecular flexibility index (Phi) is 5.05. The molecular formula is C12H18IN3. The topological polar surface area (TPSA) is 50.4 Å². The first-order valence-corrected chi connectivity index (χ1v) is 5.47. The molecule has 1 fully saturated rings. The van der Waals surface area contributed by atoms with Gasteiger partial charge in [0.05, 0.1) is 6.04 Å². The van der Waals surface area contributed by atoms with Crippen molar-refractivity contribution in [2.75, 3.05) is 5.32 Å². The number of rotatable bonds is 3.